The van der Waals surface area contributed by atoms with Gasteiger partial charge in [0.1, 0.15) is 6.17 Å². The average molecular weight is 258 g/mol. The van der Waals surface area contributed by atoms with Gasteiger partial charge in [-0.1, -0.05) is 28.1 Å². The van der Waals surface area contributed by atoms with E-state index in [1.54, 1.807) is 0 Å². The summed E-state index contributed by atoms with van der Waals surface area (Å²) in [5.74, 6) is 0. The van der Waals surface area contributed by atoms with Gasteiger partial charge in [-0.3, -0.25) is 0 Å². The molecule has 1 aromatic rings. The van der Waals surface area contributed by atoms with E-state index in [-0.39, 0.29) is 0 Å². The molecule has 14 heavy (non-hydrogen) atoms. The Labute approximate surface area is 91.6 Å². The summed E-state index contributed by atoms with van der Waals surface area (Å²) in [6, 6.07) is 7.72. The molecule has 0 spiro atoms. The molecule has 0 aromatic heterocycles. The van der Waals surface area contributed by atoms with Crippen LogP contribution in [0, 0.1) is 0 Å². The van der Waals surface area contributed by atoms with Crippen molar-refractivity contribution in [3.05, 3.63) is 34.3 Å². The average Bonchev–Trinajstić information content (AvgIpc) is 2.89. The number of hydrogen-bond donors (Lipinski definition) is 1. The summed E-state index contributed by atoms with van der Waals surface area (Å²) < 4.78 is 14.6. The first-order valence-corrected chi connectivity index (χ1v) is 5.57. The van der Waals surface area contributed by atoms with Crippen molar-refractivity contribution in [3.8, 4) is 0 Å². The molecule has 2 rings (SSSR count). The van der Waals surface area contributed by atoms with Crippen LogP contribution in [-0.4, -0.2) is 11.7 Å². The van der Waals surface area contributed by atoms with Gasteiger partial charge in [-0.2, -0.15) is 0 Å². The lowest BCUT2D eigenvalue weighted by molar-refractivity contribution is 0.266. The molecule has 2 N–H and O–H groups in total. The summed E-state index contributed by atoms with van der Waals surface area (Å²) in [6.07, 6.45) is 1.18. The van der Waals surface area contributed by atoms with E-state index in [0.717, 1.165) is 22.9 Å². The highest BCUT2D eigenvalue weighted by atomic mass is 79.9. The van der Waals surface area contributed by atoms with Crippen LogP contribution in [0.15, 0.2) is 28.7 Å². The molecular formula is C11H13BrFN. The Morgan fingerprint density at radius 2 is 1.93 bits per heavy atom. The molecule has 0 aliphatic heterocycles. The van der Waals surface area contributed by atoms with Crippen molar-refractivity contribution in [2.75, 3.05) is 0 Å². The lowest BCUT2D eigenvalue weighted by Crippen LogP contribution is -2.35. The molecule has 1 unspecified atom stereocenters. The van der Waals surface area contributed by atoms with E-state index in [2.05, 4.69) is 15.9 Å². The fraction of sp³-hybridized carbons (Fsp3) is 0.455. The fourth-order valence-corrected chi connectivity index (χ4v) is 1.75. The van der Waals surface area contributed by atoms with Crippen molar-refractivity contribution < 1.29 is 4.39 Å². The van der Waals surface area contributed by atoms with Crippen molar-refractivity contribution in [1.29, 1.82) is 0 Å². The van der Waals surface area contributed by atoms with E-state index in [9.17, 15) is 4.39 Å². The first-order chi connectivity index (χ1) is 6.60. The van der Waals surface area contributed by atoms with E-state index < -0.39 is 11.7 Å². The van der Waals surface area contributed by atoms with Gasteiger partial charge in [0.15, 0.2) is 0 Å². The molecule has 0 heterocycles. The van der Waals surface area contributed by atoms with E-state index in [1.165, 1.54) is 0 Å². The van der Waals surface area contributed by atoms with Gasteiger partial charge in [0.05, 0.1) is 0 Å². The minimum absolute atomic E-state index is 0.434. The van der Waals surface area contributed by atoms with Crippen molar-refractivity contribution >= 4 is 15.9 Å². The van der Waals surface area contributed by atoms with Gasteiger partial charge in [-0.25, -0.2) is 4.39 Å². The highest BCUT2D eigenvalue weighted by Crippen LogP contribution is 2.38. The van der Waals surface area contributed by atoms with Crippen LogP contribution in [0.3, 0.4) is 0 Å². The summed E-state index contributed by atoms with van der Waals surface area (Å²) in [6.45, 7) is 0. The summed E-state index contributed by atoms with van der Waals surface area (Å²) >= 11 is 3.35. The maximum atomic E-state index is 13.6. The lowest BCUT2D eigenvalue weighted by atomic mass is 10.0. The van der Waals surface area contributed by atoms with Crippen LogP contribution in [0.4, 0.5) is 4.39 Å². The van der Waals surface area contributed by atoms with Crippen LogP contribution in [0.1, 0.15) is 18.4 Å². The molecule has 1 fully saturated rings. The van der Waals surface area contributed by atoms with Gasteiger partial charge >= 0.3 is 0 Å². The summed E-state index contributed by atoms with van der Waals surface area (Å²) in [5, 5.41) is 0. The molecule has 3 heteroatoms. The molecule has 1 aliphatic carbocycles. The highest BCUT2D eigenvalue weighted by molar-refractivity contribution is 9.10. The highest BCUT2D eigenvalue weighted by Gasteiger charge is 2.46. The molecule has 0 saturated heterocycles. The molecule has 1 atom stereocenters. The third kappa shape index (κ3) is 2.15. The topological polar surface area (TPSA) is 26.0 Å². The number of hydrogen-bond acceptors (Lipinski definition) is 1. The van der Waals surface area contributed by atoms with Crippen LogP contribution in [-0.2, 0) is 6.42 Å². The Morgan fingerprint density at radius 1 is 1.36 bits per heavy atom. The third-order valence-corrected chi connectivity index (χ3v) is 3.31. The third-order valence-electron chi connectivity index (χ3n) is 2.78. The maximum Gasteiger partial charge on any atom is 0.122 e. The number of halogens is 2. The van der Waals surface area contributed by atoms with Crippen LogP contribution < -0.4 is 5.73 Å². The molecule has 0 bridgehead atoms. The standard InChI is InChI=1S/C11H13BrFN/c12-9-3-1-8(2-4-9)7-10(13)11(14)5-6-11/h1-4,10H,5-7,14H2. The minimum Gasteiger partial charge on any atom is -0.323 e. The molecule has 0 radical (unpaired) electrons. The van der Waals surface area contributed by atoms with Crippen molar-refractivity contribution in [2.45, 2.75) is 31.0 Å². The number of alkyl halides is 1. The Balaban J connectivity index is 2.00. The van der Waals surface area contributed by atoms with E-state index in [0.29, 0.717) is 6.42 Å². The summed E-state index contributed by atoms with van der Waals surface area (Å²) in [4.78, 5) is 0. The zero-order valence-electron chi connectivity index (χ0n) is 7.84. The second kappa shape index (κ2) is 3.63. The number of benzene rings is 1. The van der Waals surface area contributed by atoms with Crippen molar-refractivity contribution in [1.82, 2.24) is 0 Å². The van der Waals surface area contributed by atoms with E-state index >= 15 is 0 Å². The van der Waals surface area contributed by atoms with Crippen molar-refractivity contribution in [3.63, 3.8) is 0 Å². The van der Waals surface area contributed by atoms with Gasteiger partial charge in [-0.15, -0.1) is 0 Å². The van der Waals surface area contributed by atoms with E-state index in [1.807, 2.05) is 24.3 Å². The Morgan fingerprint density at radius 3 is 2.43 bits per heavy atom. The monoisotopic (exact) mass is 257 g/mol. The first-order valence-electron chi connectivity index (χ1n) is 4.77. The minimum atomic E-state index is -0.899. The van der Waals surface area contributed by atoms with Gasteiger partial charge in [0.2, 0.25) is 0 Å². The van der Waals surface area contributed by atoms with Crippen LogP contribution >= 0.6 is 15.9 Å². The second-order valence-electron chi connectivity index (χ2n) is 4.03. The Kier molecular flexibility index (Phi) is 2.62. The molecule has 1 aliphatic rings. The van der Waals surface area contributed by atoms with Gasteiger partial charge in [-0.05, 0) is 30.5 Å². The maximum absolute atomic E-state index is 13.6. The lowest BCUT2D eigenvalue weighted by Gasteiger charge is -2.14. The Bertz CT molecular complexity index is 319. The first kappa shape index (κ1) is 10.1. The quantitative estimate of drug-likeness (QED) is 0.886. The fourth-order valence-electron chi connectivity index (χ4n) is 1.49. The summed E-state index contributed by atoms with van der Waals surface area (Å²) in [5.41, 5.74) is 6.27. The number of rotatable bonds is 3. The van der Waals surface area contributed by atoms with Gasteiger partial charge in [0, 0.05) is 16.4 Å². The SMILES string of the molecule is NC1(C(F)Cc2ccc(Br)cc2)CC1. The molecule has 76 valence electrons. The van der Waals surface area contributed by atoms with Crippen LogP contribution in [0.2, 0.25) is 0 Å². The predicted octanol–water partition coefficient (Wildman–Crippen LogP) is 2.82. The number of nitrogens with two attached hydrogens (primary N) is 1. The zero-order chi connectivity index (χ0) is 10.2. The zero-order valence-corrected chi connectivity index (χ0v) is 9.43. The van der Waals surface area contributed by atoms with Gasteiger partial charge in [0.25, 0.3) is 0 Å². The van der Waals surface area contributed by atoms with Crippen LogP contribution in [0.25, 0.3) is 0 Å². The second-order valence-corrected chi connectivity index (χ2v) is 4.95. The Hall–Kier alpha value is -0.410. The molecule has 1 aromatic carbocycles. The molecule has 1 saturated carbocycles. The molecular weight excluding hydrogens is 245 g/mol. The van der Waals surface area contributed by atoms with Crippen LogP contribution in [0.5, 0.6) is 0 Å². The molecule has 0 amide bonds. The summed E-state index contributed by atoms with van der Waals surface area (Å²) in [7, 11) is 0. The van der Waals surface area contributed by atoms with Crippen molar-refractivity contribution in [2.24, 2.45) is 5.73 Å². The van der Waals surface area contributed by atoms with Gasteiger partial charge < -0.3 is 5.73 Å². The molecule has 1 nitrogen and oxygen atoms in total. The normalized spacial score (nSPS) is 20.5. The predicted molar refractivity (Wildman–Crippen MR) is 58.9 cm³/mol. The smallest absolute Gasteiger partial charge is 0.122 e. The van der Waals surface area contributed by atoms with E-state index in [4.69, 9.17) is 5.73 Å². The largest absolute Gasteiger partial charge is 0.323 e.